The van der Waals surface area contributed by atoms with Crippen LogP contribution >= 0.6 is 0 Å². The van der Waals surface area contributed by atoms with Crippen LogP contribution in [-0.2, 0) is 12.5 Å². The lowest BCUT2D eigenvalue weighted by Gasteiger charge is -2.16. The number of alkyl halides is 2. The van der Waals surface area contributed by atoms with Gasteiger partial charge in [0.2, 0.25) is 0 Å². The van der Waals surface area contributed by atoms with Gasteiger partial charge < -0.3 is 10.1 Å². The fourth-order valence-corrected chi connectivity index (χ4v) is 3.81. The molecule has 160 valence electrons. The second-order valence-corrected chi connectivity index (χ2v) is 8.23. The lowest BCUT2D eigenvalue weighted by Crippen LogP contribution is -2.13. The Hall–Kier alpha value is -3.14. The van der Waals surface area contributed by atoms with Crippen LogP contribution in [0.5, 0.6) is 5.75 Å². The Morgan fingerprint density at radius 3 is 2.42 bits per heavy atom. The van der Waals surface area contributed by atoms with E-state index in [2.05, 4.69) is 48.3 Å². The number of methoxy groups -OCH3 is 1. The van der Waals surface area contributed by atoms with Gasteiger partial charge in [0.1, 0.15) is 5.75 Å². The van der Waals surface area contributed by atoms with E-state index in [4.69, 9.17) is 4.74 Å². The lowest BCUT2D eigenvalue weighted by molar-refractivity contribution is 0.0172. The molecule has 0 atom stereocenters. The van der Waals surface area contributed by atoms with E-state index < -0.39 is 5.92 Å². The average Bonchev–Trinajstić information content (AvgIpc) is 3.62. The molecule has 4 heteroatoms. The zero-order chi connectivity index (χ0) is 22.0. The van der Waals surface area contributed by atoms with E-state index in [1.807, 2.05) is 12.1 Å². The largest absolute Gasteiger partial charge is 0.497 e. The molecular formula is C27H27F2NO. The highest BCUT2D eigenvalue weighted by atomic mass is 19.3. The van der Waals surface area contributed by atoms with Crippen LogP contribution in [0.25, 0.3) is 16.8 Å². The Morgan fingerprint density at radius 1 is 1.06 bits per heavy atom. The van der Waals surface area contributed by atoms with Crippen molar-refractivity contribution in [3.63, 3.8) is 0 Å². The normalized spacial score (nSPS) is 13.7. The summed E-state index contributed by atoms with van der Waals surface area (Å²) in [6.07, 6.45) is 2.54. The van der Waals surface area contributed by atoms with Crippen LogP contribution in [0, 0.1) is 0 Å². The fraction of sp³-hybridized carbons (Fsp3) is 0.259. The second kappa shape index (κ2) is 8.54. The summed E-state index contributed by atoms with van der Waals surface area (Å²) in [4.78, 5) is 0. The Labute approximate surface area is 182 Å². The minimum absolute atomic E-state index is 0.0621. The zero-order valence-electron chi connectivity index (χ0n) is 17.9. The standard InChI is InChI=1S/C27H27F2NO/c1-18(30-17-19-14-23(27(2,28)29)16-24(15-19)31-3)20-8-10-21(11-9-20)25-6-4-5-7-26(25)22-12-13-22/h4-11,14-16,22,30H,1,12-13,17H2,2-3H3. The fourth-order valence-electron chi connectivity index (χ4n) is 3.81. The molecule has 0 aliphatic heterocycles. The molecule has 0 amide bonds. The van der Waals surface area contributed by atoms with Gasteiger partial charge in [0, 0.05) is 24.7 Å². The summed E-state index contributed by atoms with van der Waals surface area (Å²) in [6.45, 7) is 5.39. The van der Waals surface area contributed by atoms with E-state index >= 15 is 0 Å². The van der Waals surface area contributed by atoms with E-state index in [0.717, 1.165) is 18.2 Å². The summed E-state index contributed by atoms with van der Waals surface area (Å²) < 4.78 is 32.7. The molecule has 1 N–H and O–H groups in total. The van der Waals surface area contributed by atoms with Gasteiger partial charge in [-0.2, -0.15) is 0 Å². The van der Waals surface area contributed by atoms with Crippen molar-refractivity contribution < 1.29 is 13.5 Å². The van der Waals surface area contributed by atoms with E-state index in [0.29, 0.717) is 23.8 Å². The third-order valence-corrected chi connectivity index (χ3v) is 5.74. The van der Waals surface area contributed by atoms with Crippen molar-refractivity contribution in [2.75, 3.05) is 7.11 Å². The van der Waals surface area contributed by atoms with Gasteiger partial charge in [0.15, 0.2) is 0 Å². The molecule has 1 aliphatic carbocycles. The average molecular weight is 420 g/mol. The highest BCUT2D eigenvalue weighted by Gasteiger charge is 2.26. The van der Waals surface area contributed by atoms with Crippen LogP contribution in [0.4, 0.5) is 8.78 Å². The van der Waals surface area contributed by atoms with E-state index in [-0.39, 0.29) is 5.56 Å². The maximum absolute atomic E-state index is 13.8. The van der Waals surface area contributed by atoms with Crippen molar-refractivity contribution >= 4 is 5.70 Å². The first-order valence-corrected chi connectivity index (χ1v) is 10.5. The van der Waals surface area contributed by atoms with Gasteiger partial charge >= 0.3 is 0 Å². The summed E-state index contributed by atoms with van der Waals surface area (Å²) >= 11 is 0. The topological polar surface area (TPSA) is 21.3 Å². The van der Waals surface area contributed by atoms with Crippen molar-refractivity contribution in [1.29, 1.82) is 0 Å². The molecule has 1 saturated carbocycles. The summed E-state index contributed by atoms with van der Waals surface area (Å²) in [5, 5.41) is 3.25. The smallest absolute Gasteiger partial charge is 0.270 e. The Morgan fingerprint density at radius 2 is 1.77 bits per heavy atom. The van der Waals surface area contributed by atoms with Crippen LogP contribution in [0.2, 0.25) is 0 Å². The molecule has 2 nitrogen and oxygen atoms in total. The van der Waals surface area contributed by atoms with Crippen LogP contribution in [0.1, 0.15) is 47.9 Å². The Kier molecular flexibility index (Phi) is 5.81. The number of hydrogen-bond acceptors (Lipinski definition) is 2. The third kappa shape index (κ3) is 4.96. The first-order valence-electron chi connectivity index (χ1n) is 10.5. The van der Waals surface area contributed by atoms with Crippen LogP contribution < -0.4 is 10.1 Å². The molecule has 0 spiro atoms. The monoisotopic (exact) mass is 419 g/mol. The molecule has 3 aromatic rings. The zero-order valence-corrected chi connectivity index (χ0v) is 17.9. The molecule has 1 aliphatic rings. The summed E-state index contributed by atoms with van der Waals surface area (Å²) in [6, 6.07) is 21.5. The second-order valence-electron chi connectivity index (χ2n) is 8.23. The van der Waals surface area contributed by atoms with Crippen molar-refractivity contribution in [2.24, 2.45) is 0 Å². The number of rotatable bonds is 8. The van der Waals surface area contributed by atoms with Gasteiger partial charge in [0.05, 0.1) is 7.11 Å². The number of hydrogen-bond donors (Lipinski definition) is 1. The van der Waals surface area contributed by atoms with Crippen LogP contribution in [0.3, 0.4) is 0 Å². The van der Waals surface area contributed by atoms with Crippen molar-refractivity contribution in [2.45, 2.75) is 38.2 Å². The predicted molar refractivity (Wildman–Crippen MR) is 122 cm³/mol. The number of benzene rings is 3. The Bertz CT molecular complexity index is 1080. The molecule has 0 heterocycles. The quantitative estimate of drug-likeness (QED) is 0.420. The highest BCUT2D eigenvalue weighted by molar-refractivity contribution is 5.71. The molecule has 1 fully saturated rings. The maximum atomic E-state index is 13.8. The molecule has 0 aromatic heterocycles. The van der Waals surface area contributed by atoms with Crippen molar-refractivity contribution in [3.05, 3.63) is 95.6 Å². The molecule has 0 bridgehead atoms. The number of halogens is 2. The van der Waals surface area contributed by atoms with Crippen LogP contribution in [0.15, 0.2) is 73.3 Å². The molecule has 0 radical (unpaired) electrons. The molecule has 0 saturated heterocycles. The summed E-state index contributed by atoms with van der Waals surface area (Å²) in [7, 11) is 1.48. The van der Waals surface area contributed by atoms with Gasteiger partial charge in [-0.1, -0.05) is 55.1 Å². The third-order valence-electron chi connectivity index (χ3n) is 5.74. The van der Waals surface area contributed by atoms with Gasteiger partial charge in [-0.15, -0.1) is 0 Å². The number of nitrogens with one attached hydrogen (secondary N) is 1. The van der Waals surface area contributed by atoms with Gasteiger partial charge in [-0.05, 0) is 64.8 Å². The van der Waals surface area contributed by atoms with Crippen molar-refractivity contribution in [3.8, 4) is 16.9 Å². The number of ether oxygens (including phenoxy) is 1. The van der Waals surface area contributed by atoms with Gasteiger partial charge in [0.25, 0.3) is 5.92 Å². The van der Waals surface area contributed by atoms with Crippen LogP contribution in [-0.4, -0.2) is 7.11 Å². The maximum Gasteiger partial charge on any atom is 0.270 e. The Balaban J connectivity index is 1.47. The first-order chi connectivity index (χ1) is 14.8. The minimum Gasteiger partial charge on any atom is -0.497 e. The summed E-state index contributed by atoms with van der Waals surface area (Å²) in [5.74, 6) is -1.82. The predicted octanol–water partition coefficient (Wildman–Crippen LogP) is 7.11. The molecule has 31 heavy (non-hydrogen) atoms. The van der Waals surface area contributed by atoms with Gasteiger partial charge in [-0.25, -0.2) is 8.78 Å². The van der Waals surface area contributed by atoms with Gasteiger partial charge in [-0.3, -0.25) is 0 Å². The van der Waals surface area contributed by atoms with E-state index in [9.17, 15) is 8.78 Å². The van der Waals surface area contributed by atoms with Crippen molar-refractivity contribution in [1.82, 2.24) is 5.32 Å². The molecule has 0 unspecified atom stereocenters. The lowest BCUT2D eigenvalue weighted by atomic mass is 9.96. The highest BCUT2D eigenvalue weighted by Crippen LogP contribution is 2.44. The summed E-state index contributed by atoms with van der Waals surface area (Å²) in [5.41, 5.74) is 6.28. The molecule has 4 rings (SSSR count). The first kappa shape index (κ1) is 21.1. The molecule has 3 aromatic carbocycles. The van der Waals surface area contributed by atoms with E-state index in [1.54, 1.807) is 6.07 Å². The SMILES string of the molecule is C=C(NCc1cc(OC)cc(C(C)(F)F)c1)c1ccc(-c2ccccc2C2CC2)cc1. The minimum atomic E-state index is -2.92. The van der Waals surface area contributed by atoms with E-state index in [1.165, 1.54) is 48.8 Å². The molecular weight excluding hydrogens is 392 g/mol.